The van der Waals surface area contributed by atoms with Crippen LogP contribution in [0.3, 0.4) is 0 Å². The summed E-state index contributed by atoms with van der Waals surface area (Å²) in [6.45, 7) is 1.09. The van der Waals surface area contributed by atoms with Gasteiger partial charge in [-0.2, -0.15) is 0 Å². The zero-order valence-electron chi connectivity index (χ0n) is 11.1. The summed E-state index contributed by atoms with van der Waals surface area (Å²) in [6.07, 6.45) is 0.872. The molecule has 104 valence electrons. The predicted molar refractivity (Wildman–Crippen MR) is 72.1 cm³/mol. The molecular weight excluding hydrogens is 244 g/mol. The van der Waals surface area contributed by atoms with Crippen LogP contribution in [0.15, 0.2) is 24.3 Å². The number of nitrogens with one attached hydrogen (secondary N) is 2. The lowest BCUT2D eigenvalue weighted by molar-refractivity contribution is -0.122. The van der Waals surface area contributed by atoms with Gasteiger partial charge in [0.25, 0.3) is 0 Å². The molecule has 5 nitrogen and oxygen atoms in total. The number of carbonyl (C=O) groups is 1. The maximum Gasteiger partial charge on any atom is 0.237 e. The molecule has 1 saturated heterocycles. The topological polar surface area (TPSA) is 70.6 Å². The van der Waals surface area contributed by atoms with Gasteiger partial charge in [-0.15, -0.1) is 0 Å². The Bertz CT molecular complexity index is 419. The van der Waals surface area contributed by atoms with Crippen molar-refractivity contribution in [2.24, 2.45) is 0 Å². The maximum absolute atomic E-state index is 11.8. The van der Waals surface area contributed by atoms with Crippen LogP contribution in [-0.2, 0) is 11.2 Å². The molecule has 19 heavy (non-hydrogen) atoms. The molecule has 0 bridgehead atoms. The van der Waals surface area contributed by atoms with Gasteiger partial charge in [-0.25, -0.2) is 0 Å². The van der Waals surface area contributed by atoms with Gasteiger partial charge in [-0.05, 0) is 30.5 Å². The fraction of sp³-hybridized carbons (Fsp3) is 0.500. The summed E-state index contributed by atoms with van der Waals surface area (Å²) in [5, 5.41) is 15.2. The third kappa shape index (κ3) is 3.94. The number of carbonyl (C=O) groups excluding carboxylic acids is 1. The Balaban J connectivity index is 1.72. The zero-order valence-corrected chi connectivity index (χ0v) is 11.1. The molecule has 1 aromatic carbocycles. The van der Waals surface area contributed by atoms with Gasteiger partial charge < -0.3 is 20.5 Å². The minimum absolute atomic E-state index is 0.0370. The van der Waals surface area contributed by atoms with E-state index in [0.29, 0.717) is 19.5 Å². The Morgan fingerprint density at radius 3 is 2.79 bits per heavy atom. The molecule has 1 aliphatic rings. The molecule has 1 aromatic rings. The third-order valence-electron chi connectivity index (χ3n) is 3.30. The highest BCUT2D eigenvalue weighted by Crippen LogP contribution is 2.11. The van der Waals surface area contributed by atoms with E-state index in [1.165, 1.54) is 0 Å². The fourth-order valence-corrected chi connectivity index (χ4v) is 2.16. The van der Waals surface area contributed by atoms with Gasteiger partial charge in [0, 0.05) is 13.1 Å². The average Bonchev–Trinajstić information content (AvgIpc) is 2.86. The van der Waals surface area contributed by atoms with Gasteiger partial charge in [0.1, 0.15) is 5.75 Å². The van der Waals surface area contributed by atoms with Crippen molar-refractivity contribution in [2.45, 2.75) is 25.0 Å². The minimum Gasteiger partial charge on any atom is -0.497 e. The average molecular weight is 264 g/mol. The molecule has 0 unspecified atom stereocenters. The van der Waals surface area contributed by atoms with Crippen molar-refractivity contribution in [1.29, 1.82) is 0 Å². The first-order valence-corrected chi connectivity index (χ1v) is 6.51. The Labute approximate surface area is 113 Å². The first-order valence-electron chi connectivity index (χ1n) is 6.51. The van der Waals surface area contributed by atoms with Gasteiger partial charge in [0.15, 0.2) is 0 Å². The molecule has 0 spiro atoms. The molecule has 0 saturated carbocycles. The number of hydrogen-bond acceptors (Lipinski definition) is 4. The van der Waals surface area contributed by atoms with Crippen molar-refractivity contribution in [2.75, 3.05) is 20.2 Å². The minimum atomic E-state index is -0.405. The number of aliphatic hydroxyl groups excluding tert-OH is 1. The summed E-state index contributed by atoms with van der Waals surface area (Å²) >= 11 is 0. The van der Waals surface area contributed by atoms with E-state index in [1.54, 1.807) is 7.11 Å². The number of rotatable bonds is 5. The van der Waals surface area contributed by atoms with E-state index in [2.05, 4.69) is 10.6 Å². The van der Waals surface area contributed by atoms with Crippen molar-refractivity contribution < 1.29 is 14.6 Å². The number of aliphatic hydroxyl groups is 1. The van der Waals surface area contributed by atoms with Crippen LogP contribution in [0.2, 0.25) is 0 Å². The molecule has 2 rings (SSSR count). The Morgan fingerprint density at radius 1 is 1.47 bits per heavy atom. The van der Waals surface area contributed by atoms with Crippen molar-refractivity contribution in [1.82, 2.24) is 10.6 Å². The van der Waals surface area contributed by atoms with Crippen molar-refractivity contribution >= 4 is 5.91 Å². The van der Waals surface area contributed by atoms with Crippen LogP contribution in [-0.4, -0.2) is 43.4 Å². The lowest BCUT2D eigenvalue weighted by atomic mass is 10.1. The second kappa shape index (κ2) is 6.54. The molecule has 2 atom stereocenters. The number of hydrogen-bond donors (Lipinski definition) is 3. The van der Waals surface area contributed by atoms with E-state index in [9.17, 15) is 9.90 Å². The highest BCUT2D eigenvalue weighted by atomic mass is 16.5. The zero-order chi connectivity index (χ0) is 13.7. The van der Waals surface area contributed by atoms with Gasteiger partial charge >= 0.3 is 0 Å². The highest BCUT2D eigenvalue weighted by molar-refractivity contribution is 5.82. The van der Waals surface area contributed by atoms with Crippen LogP contribution in [0.1, 0.15) is 12.0 Å². The molecular formula is C14H20N2O3. The summed E-state index contributed by atoms with van der Waals surface area (Å²) < 4.78 is 5.09. The molecule has 1 fully saturated rings. The molecule has 1 aliphatic heterocycles. The SMILES string of the molecule is COc1ccc(CCNC(=O)[C@@H]2C[C@@H](O)CN2)cc1. The quantitative estimate of drug-likeness (QED) is 0.704. The monoisotopic (exact) mass is 264 g/mol. The number of benzene rings is 1. The van der Waals surface area contributed by atoms with E-state index in [0.717, 1.165) is 17.7 Å². The first-order chi connectivity index (χ1) is 9.19. The lowest BCUT2D eigenvalue weighted by Gasteiger charge is -2.11. The molecule has 1 heterocycles. The molecule has 0 aliphatic carbocycles. The Morgan fingerprint density at radius 2 is 2.21 bits per heavy atom. The third-order valence-corrected chi connectivity index (χ3v) is 3.30. The second-order valence-electron chi connectivity index (χ2n) is 4.74. The summed E-state index contributed by atoms with van der Waals surface area (Å²) in [5.41, 5.74) is 1.15. The van der Waals surface area contributed by atoms with Crippen LogP contribution in [0.4, 0.5) is 0 Å². The Hall–Kier alpha value is -1.59. The maximum atomic E-state index is 11.8. The van der Waals surface area contributed by atoms with Crippen molar-refractivity contribution in [3.8, 4) is 5.75 Å². The van der Waals surface area contributed by atoms with Crippen LogP contribution in [0, 0.1) is 0 Å². The number of ether oxygens (including phenoxy) is 1. The van der Waals surface area contributed by atoms with E-state index in [1.807, 2.05) is 24.3 Å². The van der Waals surface area contributed by atoms with Gasteiger partial charge in [0.05, 0.1) is 19.3 Å². The van der Waals surface area contributed by atoms with Crippen LogP contribution < -0.4 is 15.4 Å². The van der Waals surface area contributed by atoms with Crippen LogP contribution in [0.5, 0.6) is 5.75 Å². The van der Waals surface area contributed by atoms with Gasteiger partial charge in [-0.3, -0.25) is 4.79 Å². The standard InChI is InChI=1S/C14H20N2O3/c1-19-12-4-2-10(3-5-12)6-7-15-14(18)13-8-11(17)9-16-13/h2-5,11,13,16-17H,6-9H2,1H3,(H,15,18)/t11-,13+/m1/s1. The number of amides is 1. The number of methoxy groups -OCH3 is 1. The largest absolute Gasteiger partial charge is 0.497 e. The van der Waals surface area contributed by atoms with Gasteiger partial charge in [0.2, 0.25) is 5.91 Å². The predicted octanol–water partition coefficient (Wildman–Crippen LogP) is 0.0767. The molecule has 0 aromatic heterocycles. The summed E-state index contributed by atoms with van der Waals surface area (Å²) in [7, 11) is 1.64. The van der Waals surface area contributed by atoms with Gasteiger partial charge in [-0.1, -0.05) is 12.1 Å². The summed E-state index contributed by atoms with van der Waals surface area (Å²) in [4.78, 5) is 11.8. The van der Waals surface area contributed by atoms with Crippen molar-refractivity contribution in [3.05, 3.63) is 29.8 Å². The van der Waals surface area contributed by atoms with Crippen LogP contribution >= 0.6 is 0 Å². The van der Waals surface area contributed by atoms with E-state index >= 15 is 0 Å². The smallest absolute Gasteiger partial charge is 0.237 e. The normalized spacial score (nSPS) is 22.2. The molecule has 0 radical (unpaired) electrons. The highest BCUT2D eigenvalue weighted by Gasteiger charge is 2.27. The lowest BCUT2D eigenvalue weighted by Crippen LogP contribution is -2.41. The first kappa shape index (κ1) is 13.8. The van der Waals surface area contributed by atoms with Crippen LogP contribution in [0.25, 0.3) is 0 Å². The molecule has 5 heteroatoms. The van der Waals surface area contributed by atoms with E-state index in [-0.39, 0.29) is 11.9 Å². The fourth-order valence-electron chi connectivity index (χ4n) is 2.16. The van der Waals surface area contributed by atoms with Crippen molar-refractivity contribution in [3.63, 3.8) is 0 Å². The number of β-amino-alcohol motifs (C(OH)–C–C–N with tert-alkyl or cyclic N) is 1. The Kier molecular flexibility index (Phi) is 4.76. The summed E-state index contributed by atoms with van der Waals surface area (Å²) in [6, 6.07) is 7.54. The second-order valence-corrected chi connectivity index (χ2v) is 4.74. The molecule has 3 N–H and O–H groups in total. The molecule has 1 amide bonds. The summed E-state index contributed by atoms with van der Waals surface area (Å²) in [5.74, 6) is 0.794. The van der Waals surface area contributed by atoms with E-state index in [4.69, 9.17) is 4.74 Å². The van der Waals surface area contributed by atoms with E-state index < -0.39 is 6.10 Å².